The number of pyridine rings is 1. The van der Waals surface area contributed by atoms with Crippen LogP contribution in [-0.2, 0) is 14.1 Å². The molecule has 0 bridgehead atoms. The van der Waals surface area contributed by atoms with Gasteiger partial charge in [-0.05, 0) is 79.6 Å². The summed E-state index contributed by atoms with van der Waals surface area (Å²) in [5.74, 6) is 0.800. The van der Waals surface area contributed by atoms with Crippen molar-refractivity contribution in [2.45, 2.75) is 26.7 Å². The van der Waals surface area contributed by atoms with Crippen molar-refractivity contribution >= 4 is 35.2 Å². The van der Waals surface area contributed by atoms with Gasteiger partial charge in [0.25, 0.3) is 0 Å². The fourth-order valence-corrected chi connectivity index (χ4v) is 6.23. The Morgan fingerprint density at radius 3 is 2.35 bits per heavy atom. The molecule has 178 valence electrons. The molecular weight excluding hydrogens is 449 g/mol. The predicted octanol–water partition coefficient (Wildman–Crippen LogP) is 4.40. The van der Waals surface area contributed by atoms with Gasteiger partial charge in [0.05, 0.1) is 20.8 Å². The smallest absolute Gasteiger partial charge is 0.330 e. The van der Waals surface area contributed by atoms with Gasteiger partial charge in [-0.3, -0.25) is 0 Å². The number of esters is 1. The number of rotatable bonds is 10. The minimum Gasteiger partial charge on any atom is -0.497 e. The highest BCUT2D eigenvalue weighted by Crippen LogP contribution is 2.44. The molecule has 0 aliphatic heterocycles. The van der Waals surface area contributed by atoms with Gasteiger partial charge in [0, 0.05) is 22.4 Å². The zero-order chi connectivity index (χ0) is 24.6. The molecule has 0 saturated carbocycles. The third-order valence-corrected chi connectivity index (χ3v) is 8.35. The number of carbonyl (C=O) groups is 1. The highest BCUT2D eigenvalue weighted by atomic mass is 31.2. The highest BCUT2D eigenvalue weighted by molar-refractivity contribution is 7.85. The number of hydrogen-bond donors (Lipinski definition) is 0. The van der Waals surface area contributed by atoms with Crippen LogP contribution in [0.1, 0.15) is 31.0 Å². The number of carbonyl (C=O) groups excluding carboxylic acids is 1. The van der Waals surface area contributed by atoms with Crippen molar-refractivity contribution in [2.75, 3.05) is 20.8 Å². The molecule has 6 nitrogen and oxygen atoms in total. The molecular formula is C27H30NO5P. The topological polar surface area (TPSA) is 74.7 Å². The van der Waals surface area contributed by atoms with Crippen LogP contribution in [0.25, 0.3) is 6.08 Å². The second-order valence-electron chi connectivity index (χ2n) is 7.72. The van der Waals surface area contributed by atoms with Crippen LogP contribution in [0.5, 0.6) is 11.5 Å². The van der Waals surface area contributed by atoms with E-state index in [1.807, 2.05) is 26.0 Å². The summed E-state index contributed by atoms with van der Waals surface area (Å²) in [6.07, 6.45) is 4.72. The highest BCUT2D eigenvalue weighted by Gasteiger charge is 2.33. The maximum Gasteiger partial charge on any atom is 0.330 e. The second-order valence-corrected chi connectivity index (χ2v) is 10.4. The van der Waals surface area contributed by atoms with Crippen molar-refractivity contribution in [2.24, 2.45) is 0 Å². The molecule has 34 heavy (non-hydrogen) atoms. The van der Waals surface area contributed by atoms with Gasteiger partial charge >= 0.3 is 5.97 Å². The van der Waals surface area contributed by atoms with E-state index in [9.17, 15) is 9.36 Å². The Balaban J connectivity index is 2.17. The van der Waals surface area contributed by atoms with Gasteiger partial charge < -0.3 is 18.8 Å². The van der Waals surface area contributed by atoms with Gasteiger partial charge in [0.15, 0.2) is 7.14 Å². The van der Waals surface area contributed by atoms with Crippen molar-refractivity contribution in [1.29, 1.82) is 0 Å². The molecule has 1 aromatic heterocycles. The lowest BCUT2D eigenvalue weighted by atomic mass is 10.2. The quantitative estimate of drug-likeness (QED) is 0.186. The molecule has 0 radical (unpaired) electrons. The summed E-state index contributed by atoms with van der Waals surface area (Å²) in [6, 6.07) is 17.9. The minimum absolute atomic E-state index is 0.363. The monoisotopic (exact) mass is 479 g/mol. The molecule has 0 fully saturated rings. The SMILES string of the molecule is CCCCOC(=O)C=Cc1cc(OC)ccc1P(=O)(c1ccc(OC)cc1)c1cccc(C)n1. The Labute approximate surface area is 201 Å². The first-order valence-electron chi connectivity index (χ1n) is 11.1. The summed E-state index contributed by atoms with van der Waals surface area (Å²) < 4.78 is 30.9. The first-order valence-corrected chi connectivity index (χ1v) is 12.9. The number of ether oxygens (including phenoxy) is 3. The summed E-state index contributed by atoms with van der Waals surface area (Å²) in [6.45, 7) is 4.26. The van der Waals surface area contributed by atoms with E-state index in [1.165, 1.54) is 6.08 Å². The van der Waals surface area contributed by atoms with Gasteiger partial charge in [-0.1, -0.05) is 19.4 Å². The van der Waals surface area contributed by atoms with Crippen LogP contribution in [0.2, 0.25) is 0 Å². The molecule has 0 saturated heterocycles. The Morgan fingerprint density at radius 1 is 1.00 bits per heavy atom. The van der Waals surface area contributed by atoms with Gasteiger partial charge in [-0.25, -0.2) is 9.78 Å². The van der Waals surface area contributed by atoms with Crippen LogP contribution in [0.4, 0.5) is 0 Å². The van der Waals surface area contributed by atoms with E-state index < -0.39 is 13.1 Å². The van der Waals surface area contributed by atoms with Crippen LogP contribution in [0.15, 0.2) is 66.7 Å². The van der Waals surface area contributed by atoms with Gasteiger partial charge in [0.1, 0.15) is 16.9 Å². The third kappa shape index (κ3) is 5.75. The Hall–Kier alpha value is -3.37. The van der Waals surface area contributed by atoms with Crippen LogP contribution in [-0.4, -0.2) is 31.8 Å². The summed E-state index contributed by atoms with van der Waals surface area (Å²) in [4.78, 5) is 16.9. The van der Waals surface area contributed by atoms with Crippen molar-refractivity contribution < 1.29 is 23.6 Å². The van der Waals surface area contributed by atoms with Crippen LogP contribution < -0.4 is 25.5 Å². The van der Waals surface area contributed by atoms with E-state index in [0.717, 1.165) is 18.5 Å². The summed E-state index contributed by atoms with van der Waals surface area (Å²) in [5, 5.41) is 1.16. The number of methoxy groups -OCH3 is 2. The Morgan fingerprint density at radius 2 is 1.71 bits per heavy atom. The van der Waals surface area contributed by atoms with E-state index in [4.69, 9.17) is 14.2 Å². The van der Waals surface area contributed by atoms with E-state index >= 15 is 0 Å². The van der Waals surface area contributed by atoms with E-state index in [-0.39, 0.29) is 0 Å². The number of nitrogens with zero attached hydrogens (tertiary/aromatic N) is 1. The lowest BCUT2D eigenvalue weighted by molar-refractivity contribution is -0.137. The Bertz CT molecular complexity index is 1200. The summed E-state index contributed by atoms with van der Waals surface area (Å²) in [7, 11) is -0.265. The predicted molar refractivity (Wildman–Crippen MR) is 136 cm³/mol. The average molecular weight is 480 g/mol. The van der Waals surface area contributed by atoms with Crippen molar-refractivity contribution in [3.8, 4) is 11.5 Å². The number of aryl methyl sites for hydroxylation is 1. The maximum atomic E-state index is 15.0. The van der Waals surface area contributed by atoms with Crippen LogP contribution >= 0.6 is 7.14 Å². The molecule has 0 aliphatic carbocycles. The van der Waals surface area contributed by atoms with Crippen LogP contribution in [0.3, 0.4) is 0 Å². The largest absolute Gasteiger partial charge is 0.497 e. The molecule has 0 N–H and O–H groups in total. The lowest BCUT2D eigenvalue weighted by Crippen LogP contribution is -2.29. The zero-order valence-corrected chi connectivity index (χ0v) is 20.9. The molecule has 1 heterocycles. The van der Waals surface area contributed by atoms with Crippen molar-refractivity contribution in [3.05, 3.63) is 78.0 Å². The number of unbranched alkanes of at least 4 members (excludes halogenated alkanes) is 1. The van der Waals surface area contributed by atoms with Gasteiger partial charge in [0.2, 0.25) is 0 Å². The average Bonchev–Trinajstić information content (AvgIpc) is 2.87. The van der Waals surface area contributed by atoms with Crippen molar-refractivity contribution in [3.63, 3.8) is 0 Å². The maximum absolute atomic E-state index is 15.0. The molecule has 0 aliphatic rings. The first kappa shape index (κ1) is 25.3. The Kier molecular flexibility index (Phi) is 8.67. The lowest BCUT2D eigenvalue weighted by Gasteiger charge is -2.22. The molecule has 3 aromatic rings. The van der Waals surface area contributed by atoms with E-state index in [0.29, 0.717) is 39.7 Å². The fraction of sp³-hybridized carbons (Fsp3) is 0.259. The summed E-state index contributed by atoms with van der Waals surface area (Å²) in [5.41, 5.74) is 1.81. The molecule has 3 rings (SSSR count). The van der Waals surface area contributed by atoms with Crippen LogP contribution in [0, 0.1) is 6.92 Å². The number of hydrogen-bond acceptors (Lipinski definition) is 6. The molecule has 1 unspecified atom stereocenters. The van der Waals surface area contributed by atoms with Crippen molar-refractivity contribution in [1.82, 2.24) is 4.98 Å². The van der Waals surface area contributed by atoms with Gasteiger partial charge in [-0.15, -0.1) is 0 Å². The standard InChI is InChI=1S/C27H30NO5P/c1-5-6-18-33-27(29)17-10-21-19-23(32-4)13-16-25(21)34(30,26-9-7-8-20(2)28-26)24-14-11-22(31-3)12-15-24/h7-17,19H,5-6,18H2,1-4H3. The second kappa shape index (κ2) is 11.7. The number of aromatic nitrogens is 1. The number of benzene rings is 2. The molecule has 1 atom stereocenters. The first-order chi connectivity index (χ1) is 16.4. The summed E-state index contributed by atoms with van der Waals surface area (Å²) >= 11 is 0. The minimum atomic E-state index is -3.41. The molecule has 0 spiro atoms. The molecule has 0 amide bonds. The van der Waals surface area contributed by atoms with E-state index in [2.05, 4.69) is 4.98 Å². The molecule has 7 heteroatoms. The zero-order valence-electron chi connectivity index (χ0n) is 20.0. The fourth-order valence-electron chi connectivity index (χ4n) is 3.49. The van der Waals surface area contributed by atoms with E-state index in [1.54, 1.807) is 68.8 Å². The normalized spacial score (nSPS) is 12.8. The van der Waals surface area contributed by atoms with Gasteiger partial charge in [-0.2, -0.15) is 0 Å². The molecule has 2 aromatic carbocycles. The third-order valence-electron chi connectivity index (χ3n) is 5.35.